The summed E-state index contributed by atoms with van der Waals surface area (Å²) in [6.07, 6.45) is 0.649. The molecular weight excluding hydrogens is 426 g/mol. The van der Waals surface area contributed by atoms with Crippen LogP contribution in [0.1, 0.15) is 0 Å². The summed E-state index contributed by atoms with van der Waals surface area (Å²) in [5.41, 5.74) is 2.98. The Labute approximate surface area is 189 Å². The quantitative estimate of drug-likeness (QED) is 0.241. The fourth-order valence-corrected chi connectivity index (χ4v) is 3.69. The third-order valence-corrected chi connectivity index (χ3v) is 5.29. The first-order chi connectivity index (χ1) is 15.7. The molecule has 1 heterocycles. The standard InChI is InChI=1S/C23H21N5O3S/c1-30-17-10-16(11-18(13-17)31-2)25-22-23(27-21-9-4-3-8-20(21)26-22)28-32-19-7-5-6-15(12-19)24-14-29/h3-14H,1-2H3,(H,24,29)(H,25,26)(H,27,28). The minimum Gasteiger partial charge on any atom is -0.497 e. The summed E-state index contributed by atoms with van der Waals surface area (Å²) >= 11 is 1.36. The van der Waals surface area contributed by atoms with Crippen LogP contribution in [-0.2, 0) is 4.79 Å². The number of rotatable bonds is 9. The Hall–Kier alpha value is -3.98. The van der Waals surface area contributed by atoms with Crippen molar-refractivity contribution in [2.75, 3.05) is 29.6 Å². The fraction of sp³-hybridized carbons (Fsp3) is 0.0870. The van der Waals surface area contributed by atoms with Gasteiger partial charge >= 0.3 is 0 Å². The molecule has 0 fully saturated rings. The van der Waals surface area contributed by atoms with Crippen LogP contribution in [0, 0.1) is 0 Å². The predicted molar refractivity (Wildman–Crippen MR) is 128 cm³/mol. The summed E-state index contributed by atoms with van der Waals surface area (Å²) in [5.74, 6) is 2.42. The molecule has 0 saturated carbocycles. The van der Waals surface area contributed by atoms with Crippen molar-refractivity contribution in [2.45, 2.75) is 4.90 Å². The molecule has 0 unspecified atom stereocenters. The lowest BCUT2D eigenvalue weighted by Crippen LogP contribution is -2.03. The van der Waals surface area contributed by atoms with Gasteiger partial charge in [0.25, 0.3) is 0 Å². The van der Waals surface area contributed by atoms with Gasteiger partial charge in [-0.25, -0.2) is 9.97 Å². The van der Waals surface area contributed by atoms with Crippen molar-refractivity contribution in [1.82, 2.24) is 9.97 Å². The number of nitrogens with one attached hydrogen (secondary N) is 3. The van der Waals surface area contributed by atoms with E-state index in [0.29, 0.717) is 35.2 Å². The van der Waals surface area contributed by atoms with E-state index in [2.05, 4.69) is 15.4 Å². The highest BCUT2D eigenvalue weighted by Gasteiger charge is 2.12. The average molecular weight is 448 g/mol. The highest BCUT2D eigenvalue weighted by Crippen LogP contribution is 2.32. The molecule has 0 bridgehead atoms. The van der Waals surface area contributed by atoms with Crippen LogP contribution in [0.3, 0.4) is 0 Å². The molecule has 1 amide bonds. The number of nitrogens with zero attached hydrogens (tertiary/aromatic N) is 2. The molecule has 0 aliphatic rings. The van der Waals surface area contributed by atoms with Crippen LogP contribution in [0.2, 0.25) is 0 Å². The summed E-state index contributed by atoms with van der Waals surface area (Å²) in [6, 6.07) is 20.6. The minimum absolute atomic E-state index is 0.550. The number of hydrogen-bond acceptors (Lipinski definition) is 8. The van der Waals surface area contributed by atoms with E-state index in [0.717, 1.165) is 21.6 Å². The number of anilines is 4. The molecule has 8 nitrogen and oxygen atoms in total. The molecule has 3 N–H and O–H groups in total. The van der Waals surface area contributed by atoms with E-state index in [1.165, 1.54) is 11.9 Å². The van der Waals surface area contributed by atoms with Gasteiger partial charge in [-0.1, -0.05) is 18.2 Å². The molecule has 4 aromatic rings. The molecule has 0 aliphatic heterocycles. The summed E-state index contributed by atoms with van der Waals surface area (Å²) in [6.45, 7) is 0. The number of aromatic nitrogens is 2. The lowest BCUT2D eigenvalue weighted by Gasteiger charge is -2.14. The van der Waals surface area contributed by atoms with E-state index < -0.39 is 0 Å². The normalized spacial score (nSPS) is 10.4. The molecular formula is C23H21N5O3S. The zero-order chi connectivity index (χ0) is 22.3. The Morgan fingerprint density at radius 2 is 1.50 bits per heavy atom. The third kappa shape index (κ3) is 5.01. The van der Waals surface area contributed by atoms with Crippen molar-refractivity contribution in [3.05, 3.63) is 66.7 Å². The molecule has 0 atom stereocenters. The number of carbonyl (C=O) groups excluding carboxylic acids is 1. The maximum Gasteiger partial charge on any atom is 0.211 e. The van der Waals surface area contributed by atoms with E-state index >= 15 is 0 Å². The van der Waals surface area contributed by atoms with Crippen LogP contribution in [0.5, 0.6) is 11.5 Å². The first-order valence-corrected chi connectivity index (χ1v) is 10.5. The number of hydrogen-bond donors (Lipinski definition) is 3. The number of benzene rings is 3. The minimum atomic E-state index is 0.550. The highest BCUT2D eigenvalue weighted by molar-refractivity contribution is 8.00. The monoisotopic (exact) mass is 447 g/mol. The Balaban J connectivity index is 1.66. The van der Waals surface area contributed by atoms with Crippen LogP contribution in [0.25, 0.3) is 11.0 Å². The van der Waals surface area contributed by atoms with Crippen molar-refractivity contribution < 1.29 is 14.3 Å². The van der Waals surface area contributed by atoms with Crippen LogP contribution in [-0.4, -0.2) is 30.6 Å². The van der Waals surface area contributed by atoms with Gasteiger partial charge in [0.2, 0.25) is 6.41 Å². The van der Waals surface area contributed by atoms with Crippen molar-refractivity contribution >= 4 is 52.4 Å². The molecule has 0 saturated heterocycles. The van der Waals surface area contributed by atoms with Gasteiger partial charge in [0.05, 0.1) is 25.3 Å². The zero-order valence-electron chi connectivity index (χ0n) is 17.5. The van der Waals surface area contributed by atoms with Crippen LogP contribution in [0.15, 0.2) is 71.6 Å². The zero-order valence-corrected chi connectivity index (χ0v) is 18.3. The summed E-state index contributed by atoms with van der Waals surface area (Å²) in [5, 5.41) is 5.96. The molecule has 4 rings (SSSR count). The van der Waals surface area contributed by atoms with E-state index in [9.17, 15) is 4.79 Å². The molecule has 9 heteroatoms. The predicted octanol–water partition coefficient (Wildman–Crippen LogP) is 5.08. The Kier molecular flexibility index (Phi) is 6.57. The van der Waals surface area contributed by atoms with Gasteiger partial charge in [0.15, 0.2) is 11.6 Å². The van der Waals surface area contributed by atoms with Crippen LogP contribution in [0.4, 0.5) is 23.0 Å². The molecule has 0 aliphatic carbocycles. The molecule has 32 heavy (non-hydrogen) atoms. The third-order valence-electron chi connectivity index (χ3n) is 4.51. The lowest BCUT2D eigenvalue weighted by molar-refractivity contribution is -0.105. The maximum atomic E-state index is 10.7. The molecule has 0 spiro atoms. The maximum absolute atomic E-state index is 10.7. The van der Waals surface area contributed by atoms with Gasteiger partial charge in [-0.15, -0.1) is 0 Å². The van der Waals surface area contributed by atoms with Crippen LogP contribution < -0.4 is 24.8 Å². The summed E-state index contributed by atoms with van der Waals surface area (Å²) < 4.78 is 14.0. The molecule has 1 aromatic heterocycles. The second kappa shape index (κ2) is 9.88. The summed E-state index contributed by atoms with van der Waals surface area (Å²) in [7, 11) is 3.21. The number of methoxy groups -OCH3 is 2. The Bertz CT molecular complexity index is 1230. The molecule has 162 valence electrons. The molecule has 3 aromatic carbocycles. The Morgan fingerprint density at radius 3 is 2.16 bits per heavy atom. The van der Waals surface area contributed by atoms with Crippen molar-refractivity contribution in [2.24, 2.45) is 0 Å². The second-order valence-electron chi connectivity index (χ2n) is 6.63. The second-order valence-corrected chi connectivity index (χ2v) is 7.51. The topological polar surface area (TPSA) is 97.4 Å². The number of amides is 1. The largest absolute Gasteiger partial charge is 0.497 e. The van der Waals surface area contributed by atoms with Gasteiger partial charge in [-0.3, -0.25) is 4.79 Å². The van der Waals surface area contributed by atoms with Crippen molar-refractivity contribution in [3.8, 4) is 11.5 Å². The number of para-hydroxylation sites is 2. The van der Waals surface area contributed by atoms with Gasteiger partial charge in [0.1, 0.15) is 11.5 Å². The van der Waals surface area contributed by atoms with Crippen molar-refractivity contribution in [3.63, 3.8) is 0 Å². The lowest BCUT2D eigenvalue weighted by atomic mass is 10.2. The SMILES string of the molecule is COc1cc(Nc2nc3ccccc3nc2NSc2cccc(NC=O)c2)cc(OC)c1. The average Bonchev–Trinajstić information content (AvgIpc) is 2.83. The van der Waals surface area contributed by atoms with Crippen LogP contribution >= 0.6 is 11.9 Å². The smallest absolute Gasteiger partial charge is 0.211 e. The summed E-state index contributed by atoms with van der Waals surface area (Å²) in [4.78, 5) is 21.1. The van der Waals surface area contributed by atoms with Crippen molar-refractivity contribution in [1.29, 1.82) is 0 Å². The first-order valence-electron chi connectivity index (χ1n) is 9.68. The molecule has 0 radical (unpaired) electrons. The van der Waals surface area contributed by atoms with E-state index in [1.807, 2.05) is 60.7 Å². The van der Waals surface area contributed by atoms with Gasteiger partial charge < -0.3 is 24.8 Å². The fourth-order valence-electron chi connectivity index (χ4n) is 3.00. The first kappa shape index (κ1) is 21.3. The van der Waals surface area contributed by atoms with E-state index in [4.69, 9.17) is 19.4 Å². The highest BCUT2D eigenvalue weighted by atomic mass is 32.2. The Morgan fingerprint density at radius 1 is 0.812 bits per heavy atom. The van der Waals surface area contributed by atoms with Gasteiger partial charge in [-0.05, 0) is 42.3 Å². The van der Waals surface area contributed by atoms with Gasteiger partial charge in [-0.2, -0.15) is 0 Å². The van der Waals surface area contributed by atoms with E-state index in [1.54, 1.807) is 20.3 Å². The van der Waals surface area contributed by atoms with E-state index in [-0.39, 0.29) is 0 Å². The number of carbonyl (C=O) groups is 1. The number of ether oxygens (including phenoxy) is 2. The van der Waals surface area contributed by atoms with Gasteiger partial charge in [0, 0.05) is 34.5 Å². The number of fused-ring (bicyclic) bond motifs is 1.